The van der Waals surface area contributed by atoms with Gasteiger partial charge in [0.2, 0.25) is 5.91 Å². The molecule has 4 rings (SSSR count). The fraction of sp³-hybridized carbons (Fsp3) is 0.543. The van der Waals surface area contributed by atoms with Crippen molar-refractivity contribution < 1.29 is 71.4 Å². The molecule has 1 amide bonds. The van der Waals surface area contributed by atoms with E-state index < -0.39 is 109 Å². The second kappa shape index (κ2) is 18.5. The number of rotatable bonds is 13. The minimum atomic E-state index is -1.49. The van der Waals surface area contributed by atoms with Crippen LogP contribution in [0.15, 0.2) is 42.5 Å². The molecular formula is C35H43NO15S. The fourth-order valence-corrected chi connectivity index (χ4v) is 6.38. The largest absolute Gasteiger partial charge is 0.463 e. The zero-order valence-corrected chi connectivity index (χ0v) is 30.4. The third-order valence-electron chi connectivity index (χ3n) is 7.96. The van der Waals surface area contributed by atoms with Crippen LogP contribution in [0.25, 0.3) is 10.8 Å². The van der Waals surface area contributed by atoms with Gasteiger partial charge >= 0.3 is 29.8 Å². The summed E-state index contributed by atoms with van der Waals surface area (Å²) >= 11 is 4.66. The number of esters is 5. The first-order valence-electron chi connectivity index (χ1n) is 16.4. The van der Waals surface area contributed by atoms with Crippen LogP contribution in [0.1, 0.15) is 47.1 Å². The predicted octanol–water partition coefficient (Wildman–Crippen LogP) is 1.92. The number of fused-ring (bicyclic) bond motifs is 1. The van der Waals surface area contributed by atoms with Crippen molar-refractivity contribution in [1.82, 2.24) is 5.32 Å². The second-order valence-electron chi connectivity index (χ2n) is 12.2. The quantitative estimate of drug-likeness (QED) is 0.171. The number of hydrogen-bond donors (Lipinski definition) is 2. The molecule has 10 atom stereocenters. The average Bonchev–Trinajstić information content (AvgIpc) is 3.06. The van der Waals surface area contributed by atoms with Crippen LogP contribution in [-0.4, -0.2) is 109 Å². The number of hydrogen-bond acceptors (Lipinski definition) is 16. The van der Waals surface area contributed by atoms with E-state index in [1.165, 1.54) is 20.8 Å². The Morgan fingerprint density at radius 2 is 1.19 bits per heavy atom. The first-order valence-corrected chi connectivity index (χ1v) is 16.9. The number of carbonyl (C=O) groups excluding carboxylic acids is 6. The molecule has 17 heteroatoms. The maximum absolute atomic E-state index is 12.6. The molecule has 2 aromatic rings. The zero-order chi connectivity index (χ0) is 38.1. The van der Waals surface area contributed by atoms with Crippen molar-refractivity contribution in [3.63, 3.8) is 0 Å². The first kappa shape index (κ1) is 40.5. The van der Waals surface area contributed by atoms with E-state index >= 15 is 0 Å². The Kier molecular flexibility index (Phi) is 14.4. The molecule has 0 saturated carbocycles. The molecular weight excluding hydrogens is 706 g/mol. The lowest BCUT2D eigenvalue weighted by Gasteiger charge is -2.49. The Morgan fingerprint density at radius 3 is 1.77 bits per heavy atom. The summed E-state index contributed by atoms with van der Waals surface area (Å²) in [7, 11) is 0. The number of nitrogens with one attached hydrogen (secondary N) is 1. The standard InChI is InChI=1S/C35H43NO15S/c1-17(37)36-28-33(52)30(47-21(5)41)27(16-44-19(3)39)49-34(28)51-31-29(46-20(4)40)26(15-43-18(2)38)50-35(32(31)48-22(6)42)45-14-23-11-12-24-9-7-8-10-25(24)13-23/h7-13,26-35,52H,14-16H2,1-6H3,(H,36,37)/t26-,27-,28-,29-,30-,31+,32-,33+,34+,35-/m1/s1. The van der Waals surface area contributed by atoms with Crippen molar-refractivity contribution in [1.29, 1.82) is 0 Å². The van der Waals surface area contributed by atoms with E-state index in [0.717, 1.165) is 37.1 Å². The van der Waals surface area contributed by atoms with Gasteiger partial charge in [0.25, 0.3) is 0 Å². The van der Waals surface area contributed by atoms with E-state index in [9.17, 15) is 28.8 Å². The number of carbonyl (C=O) groups is 6. The number of ether oxygens (including phenoxy) is 9. The summed E-state index contributed by atoms with van der Waals surface area (Å²) in [5.74, 6) is -4.12. The molecule has 2 aliphatic heterocycles. The van der Waals surface area contributed by atoms with Crippen molar-refractivity contribution in [2.24, 2.45) is 0 Å². The van der Waals surface area contributed by atoms with Crippen LogP contribution >= 0.6 is 12.6 Å². The molecule has 2 saturated heterocycles. The minimum absolute atomic E-state index is 0.0415. The molecule has 0 unspecified atom stereocenters. The van der Waals surface area contributed by atoms with Crippen molar-refractivity contribution in [2.75, 3.05) is 13.2 Å². The summed E-state index contributed by atoms with van der Waals surface area (Å²) in [5, 5.41) is 3.62. The smallest absolute Gasteiger partial charge is 0.303 e. The van der Waals surface area contributed by atoms with Gasteiger partial charge in [-0.3, -0.25) is 28.8 Å². The monoisotopic (exact) mass is 749 g/mol. The van der Waals surface area contributed by atoms with E-state index in [0.29, 0.717) is 0 Å². The summed E-state index contributed by atoms with van der Waals surface area (Å²) < 4.78 is 52.3. The number of amides is 1. The summed E-state index contributed by atoms with van der Waals surface area (Å²) in [6, 6.07) is 12.2. The Hall–Kier alpha value is -4.29. The summed E-state index contributed by atoms with van der Waals surface area (Å²) in [4.78, 5) is 73.2. The molecule has 0 aromatic heterocycles. The van der Waals surface area contributed by atoms with Gasteiger partial charge in [0.1, 0.15) is 37.6 Å². The van der Waals surface area contributed by atoms with Gasteiger partial charge in [0.15, 0.2) is 24.8 Å². The third kappa shape index (κ3) is 11.1. The predicted molar refractivity (Wildman–Crippen MR) is 181 cm³/mol. The lowest BCUT2D eigenvalue weighted by Crippen LogP contribution is -2.68. The van der Waals surface area contributed by atoms with Crippen LogP contribution in [-0.2, 0) is 78.0 Å². The molecule has 0 bridgehead atoms. The lowest BCUT2D eigenvalue weighted by molar-refractivity contribution is -0.344. The molecule has 52 heavy (non-hydrogen) atoms. The maximum Gasteiger partial charge on any atom is 0.303 e. The SMILES string of the molecule is CC(=O)N[C@H]1[C@H](O[C@@H]2[C@@H](OC(C)=O)[C@H](OCc3ccc4ccccc4c3)O[C@H](COC(C)=O)[C@H]2OC(C)=O)O[C@H](COC(C)=O)[C@@H](OC(C)=O)[C@H]1S. The van der Waals surface area contributed by atoms with Crippen LogP contribution in [0.4, 0.5) is 0 Å². The van der Waals surface area contributed by atoms with Crippen molar-refractivity contribution in [3.8, 4) is 0 Å². The van der Waals surface area contributed by atoms with Crippen LogP contribution in [0.3, 0.4) is 0 Å². The van der Waals surface area contributed by atoms with Gasteiger partial charge in [-0.15, -0.1) is 0 Å². The fourth-order valence-electron chi connectivity index (χ4n) is 5.91. The van der Waals surface area contributed by atoms with E-state index in [2.05, 4.69) is 17.9 Å². The van der Waals surface area contributed by atoms with Crippen LogP contribution < -0.4 is 5.32 Å². The van der Waals surface area contributed by atoms with Crippen LogP contribution in [0, 0.1) is 0 Å². The van der Waals surface area contributed by atoms with Crippen molar-refractivity contribution in [2.45, 2.75) is 109 Å². The normalized spacial score (nSPS) is 28.6. The van der Waals surface area contributed by atoms with Gasteiger partial charge in [-0.25, -0.2) is 0 Å². The molecule has 0 spiro atoms. The highest BCUT2D eigenvalue weighted by Crippen LogP contribution is 2.35. The highest BCUT2D eigenvalue weighted by Gasteiger charge is 2.55. The summed E-state index contributed by atoms with van der Waals surface area (Å²) in [6.45, 7) is 6.13. The van der Waals surface area contributed by atoms with Crippen molar-refractivity contribution in [3.05, 3.63) is 48.0 Å². The molecule has 2 fully saturated rings. The minimum Gasteiger partial charge on any atom is -0.463 e. The van der Waals surface area contributed by atoms with E-state index in [-0.39, 0.29) is 6.61 Å². The van der Waals surface area contributed by atoms with E-state index in [1.807, 2.05) is 42.5 Å². The Labute approximate surface area is 305 Å². The molecule has 16 nitrogen and oxygen atoms in total. The number of thiol groups is 1. The molecule has 2 heterocycles. The highest BCUT2D eigenvalue weighted by molar-refractivity contribution is 7.81. The molecule has 0 aliphatic carbocycles. The van der Waals surface area contributed by atoms with Gasteiger partial charge < -0.3 is 47.9 Å². The lowest BCUT2D eigenvalue weighted by atomic mass is 9.96. The Balaban J connectivity index is 1.75. The van der Waals surface area contributed by atoms with Gasteiger partial charge in [0, 0.05) is 41.5 Å². The van der Waals surface area contributed by atoms with Crippen LogP contribution in [0.2, 0.25) is 0 Å². The maximum atomic E-state index is 12.6. The topological polar surface area (TPSA) is 198 Å². The first-order chi connectivity index (χ1) is 24.6. The van der Waals surface area contributed by atoms with Gasteiger partial charge in [-0.1, -0.05) is 36.4 Å². The molecule has 2 aliphatic rings. The summed E-state index contributed by atoms with van der Waals surface area (Å²) in [6.07, 6.45) is -10.8. The van der Waals surface area contributed by atoms with Gasteiger partial charge in [-0.05, 0) is 22.4 Å². The molecule has 0 radical (unpaired) electrons. The van der Waals surface area contributed by atoms with Gasteiger partial charge in [0.05, 0.1) is 17.9 Å². The summed E-state index contributed by atoms with van der Waals surface area (Å²) in [5.41, 5.74) is 0.740. The van der Waals surface area contributed by atoms with Crippen LogP contribution in [0.5, 0.6) is 0 Å². The Morgan fingerprint density at radius 1 is 0.654 bits per heavy atom. The number of benzene rings is 2. The molecule has 284 valence electrons. The second-order valence-corrected chi connectivity index (χ2v) is 12.8. The average molecular weight is 750 g/mol. The highest BCUT2D eigenvalue weighted by atomic mass is 32.1. The van der Waals surface area contributed by atoms with Crippen molar-refractivity contribution >= 4 is 59.2 Å². The molecule has 2 aromatic carbocycles. The Bertz CT molecular complexity index is 1620. The van der Waals surface area contributed by atoms with E-state index in [1.54, 1.807) is 0 Å². The van der Waals surface area contributed by atoms with Gasteiger partial charge in [-0.2, -0.15) is 12.6 Å². The zero-order valence-electron chi connectivity index (χ0n) is 29.5. The van der Waals surface area contributed by atoms with E-state index in [4.69, 9.17) is 42.6 Å². The molecule has 1 N–H and O–H groups in total. The third-order valence-corrected chi connectivity index (χ3v) is 8.58.